The molecule has 6 aliphatic rings. The maximum absolute atomic E-state index is 13.8. The van der Waals surface area contributed by atoms with E-state index in [0.29, 0.717) is 24.1 Å². The molecule has 2 bridgehead atoms. The maximum Gasteiger partial charge on any atom is 0.248 e. The first-order chi connectivity index (χ1) is 19.8. The van der Waals surface area contributed by atoms with Gasteiger partial charge in [0.2, 0.25) is 17.7 Å². The van der Waals surface area contributed by atoms with Gasteiger partial charge in [-0.25, -0.2) is 13.8 Å². The standard InChI is InChI=1S/C32H36F2N4O3/c33-32(34)16-20(17-32)14-26(39)38(24-3-1-2-23(15-24)25-18-35-28(40-25)22-6-7-22)19-30-8-11-31(12-9-30,13-10-30)29-36-27(37-41-29)21-4-5-21/h1-3,15,18,20-22H,4-14,16-17,19H2. The lowest BCUT2D eigenvalue weighted by Gasteiger charge is -2.53. The summed E-state index contributed by atoms with van der Waals surface area (Å²) in [5.41, 5.74) is 1.61. The number of aromatic nitrogens is 3. The Bertz CT molecular complexity index is 1440. The van der Waals surface area contributed by atoms with Crippen molar-refractivity contribution in [3.05, 3.63) is 48.1 Å². The molecule has 41 heavy (non-hydrogen) atoms. The van der Waals surface area contributed by atoms with Crippen LogP contribution >= 0.6 is 0 Å². The van der Waals surface area contributed by atoms with Crippen molar-refractivity contribution in [1.29, 1.82) is 0 Å². The fourth-order valence-corrected chi connectivity index (χ4v) is 7.49. The molecule has 9 rings (SSSR count). The zero-order valence-corrected chi connectivity index (χ0v) is 23.3. The Hall–Kier alpha value is -3.10. The van der Waals surface area contributed by atoms with E-state index in [1.807, 2.05) is 29.2 Å². The summed E-state index contributed by atoms with van der Waals surface area (Å²) in [6, 6.07) is 7.87. The quantitative estimate of drug-likeness (QED) is 0.268. The Morgan fingerprint density at radius 3 is 2.41 bits per heavy atom. The summed E-state index contributed by atoms with van der Waals surface area (Å²) in [6.45, 7) is 0.593. The SMILES string of the molecule is O=C(CC1CC(F)(F)C1)N(CC12CCC(c3nc(C4CC4)no3)(CC1)CC2)c1cccc(-c2cnc(C3CC3)o2)c1. The lowest BCUT2D eigenvalue weighted by molar-refractivity contribution is -0.132. The highest BCUT2D eigenvalue weighted by molar-refractivity contribution is 5.94. The van der Waals surface area contributed by atoms with Crippen LogP contribution in [0.3, 0.4) is 0 Å². The van der Waals surface area contributed by atoms with Crippen LogP contribution in [-0.2, 0) is 10.2 Å². The predicted molar refractivity (Wildman–Crippen MR) is 147 cm³/mol. The van der Waals surface area contributed by atoms with E-state index < -0.39 is 5.92 Å². The third-order valence-corrected chi connectivity index (χ3v) is 10.6. The minimum atomic E-state index is -2.63. The molecule has 6 fully saturated rings. The van der Waals surface area contributed by atoms with Crippen LogP contribution in [0.15, 0.2) is 39.4 Å². The van der Waals surface area contributed by atoms with Crippen LogP contribution in [-0.4, -0.2) is 33.5 Å². The van der Waals surface area contributed by atoms with Crippen molar-refractivity contribution in [2.24, 2.45) is 11.3 Å². The molecule has 0 saturated heterocycles. The topological polar surface area (TPSA) is 85.3 Å². The van der Waals surface area contributed by atoms with E-state index in [1.54, 1.807) is 6.20 Å². The molecule has 6 aliphatic carbocycles. The number of amides is 1. The number of hydrogen-bond acceptors (Lipinski definition) is 6. The van der Waals surface area contributed by atoms with Crippen LogP contribution in [0.25, 0.3) is 11.3 Å². The first-order valence-electron chi connectivity index (χ1n) is 15.4. The van der Waals surface area contributed by atoms with Gasteiger partial charge in [-0.1, -0.05) is 17.3 Å². The lowest BCUT2D eigenvalue weighted by atomic mass is 9.53. The Morgan fingerprint density at radius 1 is 1.00 bits per heavy atom. The minimum absolute atomic E-state index is 0.0122. The van der Waals surface area contributed by atoms with Crippen molar-refractivity contribution >= 4 is 11.6 Å². The molecule has 6 saturated carbocycles. The summed E-state index contributed by atoms with van der Waals surface area (Å²) < 4.78 is 39.1. The molecule has 0 N–H and O–H groups in total. The molecule has 0 radical (unpaired) electrons. The predicted octanol–water partition coefficient (Wildman–Crippen LogP) is 7.54. The molecular formula is C32H36F2N4O3. The van der Waals surface area contributed by atoms with Crippen molar-refractivity contribution in [1.82, 2.24) is 15.1 Å². The van der Waals surface area contributed by atoms with Gasteiger partial charge in [0.25, 0.3) is 0 Å². The highest BCUT2D eigenvalue weighted by Gasteiger charge is 2.53. The number of oxazole rings is 1. The van der Waals surface area contributed by atoms with Crippen LogP contribution in [0, 0.1) is 11.3 Å². The summed E-state index contributed by atoms with van der Waals surface area (Å²) >= 11 is 0. The number of hydrogen-bond donors (Lipinski definition) is 0. The molecule has 1 aromatic carbocycles. The summed E-state index contributed by atoms with van der Waals surface area (Å²) in [6.07, 6.45) is 11.9. The molecule has 2 aromatic heterocycles. The fourth-order valence-electron chi connectivity index (χ4n) is 7.49. The molecule has 216 valence electrons. The molecule has 3 aromatic rings. The molecule has 1 amide bonds. The van der Waals surface area contributed by atoms with Crippen LogP contribution in [0.1, 0.15) is 113 Å². The molecule has 2 heterocycles. The zero-order chi connectivity index (χ0) is 27.8. The van der Waals surface area contributed by atoms with Gasteiger partial charge in [-0.15, -0.1) is 0 Å². The molecular weight excluding hydrogens is 526 g/mol. The fraction of sp³-hybridized carbons (Fsp3) is 0.625. The van der Waals surface area contributed by atoms with Crippen molar-refractivity contribution in [2.75, 3.05) is 11.4 Å². The second-order valence-electron chi connectivity index (χ2n) is 13.7. The van der Waals surface area contributed by atoms with Gasteiger partial charge in [-0.3, -0.25) is 4.79 Å². The Kier molecular flexibility index (Phi) is 5.74. The van der Waals surface area contributed by atoms with Crippen LogP contribution in [0.4, 0.5) is 14.5 Å². The lowest BCUT2D eigenvalue weighted by Crippen LogP contribution is -2.51. The normalized spacial score (nSPS) is 28.9. The first kappa shape index (κ1) is 25.6. The van der Waals surface area contributed by atoms with Gasteiger partial charge in [0.1, 0.15) is 0 Å². The van der Waals surface area contributed by atoms with E-state index in [-0.39, 0.29) is 41.9 Å². The van der Waals surface area contributed by atoms with E-state index >= 15 is 0 Å². The smallest absolute Gasteiger partial charge is 0.248 e. The average Bonchev–Trinajstić information content (AvgIpc) is 3.90. The summed E-state index contributed by atoms with van der Waals surface area (Å²) in [7, 11) is 0. The average molecular weight is 563 g/mol. The van der Waals surface area contributed by atoms with Crippen LogP contribution < -0.4 is 4.90 Å². The van der Waals surface area contributed by atoms with Gasteiger partial charge in [0.05, 0.1) is 6.20 Å². The molecule has 7 nitrogen and oxygen atoms in total. The largest absolute Gasteiger partial charge is 0.440 e. The Balaban J connectivity index is 1.04. The molecule has 0 atom stereocenters. The minimum Gasteiger partial charge on any atom is -0.440 e. The van der Waals surface area contributed by atoms with E-state index in [2.05, 4.69) is 10.1 Å². The van der Waals surface area contributed by atoms with Gasteiger partial charge in [0.15, 0.2) is 17.5 Å². The number of carbonyl (C=O) groups excluding carboxylic acids is 1. The Morgan fingerprint density at radius 2 is 1.73 bits per heavy atom. The van der Waals surface area contributed by atoms with Gasteiger partial charge in [-0.2, -0.15) is 4.98 Å². The number of alkyl halides is 2. The van der Waals surface area contributed by atoms with Crippen molar-refractivity contribution < 1.29 is 22.5 Å². The molecule has 0 spiro atoms. The number of nitrogens with zero attached hydrogens (tertiary/aromatic N) is 4. The third-order valence-electron chi connectivity index (χ3n) is 10.6. The highest BCUT2D eigenvalue weighted by Crippen LogP contribution is 2.58. The van der Waals surface area contributed by atoms with Crippen LogP contribution in [0.5, 0.6) is 0 Å². The molecule has 0 unspecified atom stereocenters. The second-order valence-corrected chi connectivity index (χ2v) is 13.7. The summed E-state index contributed by atoms with van der Waals surface area (Å²) in [5.74, 6) is 1.07. The number of fused-ring (bicyclic) bond motifs is 3. The highest BCUT2D eigenvalue weighted by atomic mass is 19.3. The van der Waals surface area contributed by atoms with E-state index in [9.17, 15) is 13.6 Å². The number of halogens is 2. The van der Waals surface area contributed by atoms with E-state index in [0.717, 1.165) is 93.1 Å². The van der Waals surface area contributed by atoms with Gasteiger partial charge < -0.3 is 13.8 Å². The second kappa shape index (κ2) is 9.20. The van der Waals surface area contributed by atoms with Crippen molar-refractivity contribution in [2.45, 2.75) is 107 Å². The van der Waals surface area contributed by atoms with Gasteiger partial charge in [-0.05, 0) is 87.7 Å². The molecule has 9 heteroatoms. The van der Waals surface area contributed by atoms with Gasteiger partial charge >= 0.3 is 0 Å². The first-order valence-corrected chi connectivity index (χ1v) is 15.4. The van der Waals surface area contributed by atoms with Gasteiger partial charge in [0, 0.05) is 54.3 Å². The van der Waals surface area contributed by atoms with E-state index in [1.165, 1.54) is 0 Å². The van der Waals surface area contributed by atoms with Crippen LogP contribution in [0.2, 0.25) is 0 Å². The molecule has 0 aliphatic heterocycles. The monoisotopic (exact) mass is 562 g/mol. The summed E-state index contributed by atoms with van der Waals surface area (Å²) in [5, 5.41) is 4.29. The van der Waals surface area contributed by atoms with E-state index in [4.69, 9.17) is 13.9 Å². The summed E-state index contributed by atoms with van der Waals surface area (Å²) in [4.78, 5) is 25.0. The van der Waals surface area contributed by atoms with Crippen molar-refractivity contribution in [3.8, 4) is 11.3 Å². The van der Waals surface area contributed by atoms with Crippen molar-refractivity contribution in [3.63, 3.8) is 0 Å². The third kappa shape index (κ3) is 4.79. The zero-order valence-electron chi connectivity index (χ0n) is 23.3. The number of carbonyl (C=O) groups is 1. The number of rotatable bonds is 9. The number of benzene rings is 1. The Labute approximate surface area is 238 Å². The maximum atomic E-state index is 13.8. The number of anilines is 1.